The summed E-state index contributed by atoms with van der Waals surface area (Å²) in [4.78, 5) is 40.8. The average Bonchev–Trinajstić information content (AvgIpc) is 3.70. The molecule has 3 aliphatic rings. The molecule has 1 aromatic carbocycles. The highest BCUT2D eigenvalue weighted by Crippen LogP contribution is 2.30. The Hall–Kier alpha value is -2.21. The highest BCUT2D eigenvalue weighted by atomic mass is 16.2. The van der Waals surface area contributed by atoms with Crippen LogP contribution in [0.3, 0.4) is 0 Å². The second-order valence-corrected chi connectivity index (χ2v) is 10.9. The Morgan fingerprint density at radius 1 is 1.03 bits per heavy atom. The zero-order valence-corrected chi connectivity index (χ0v) is 20.9. The predicted octanol–water partition coefficient (Wildman–Crippen LogP) is 4.54. The van der Waals surface area contributed by atoms with Gasteiger partial charge in [-0.3, -0.25) is 14.4 Å². The molecule has 0 radical (unpaired) electrons. The molecule has 1 saturated heterocycles. The van der Waals surface area contributed by atoms with Crippen LogP contribution in [0.5, 0.6) is 0 Å². The molecule has 2 aliphatic carbocycles. The largest absolute Gasteiger partial charge is 0.342 e. The molecule has 0 aromatic heterocycles. The number of rotatable bonds is 9. The summed E-state index contributed by atoms with van der Waals surface area (Å²) in [7, 11) is 0. The molecule has 2 atom stereocenters. The number of carbonyl (C=O) groups excluding carboxylic acids is 3. The number of nitrogens with zero attached hydrogens (tertiary/aromatic N) is 1. The van der Waals surface area contributed by atoms with Gasteiger partial charge in [0, 0.05) is 39.4 Å². The van der Waals surface area contributed by atoms with Gasteiger partial charge in [0.15, 0.2) is 5.78 Å². The summed E-state index contributed by atoms with van der Waals surface area (Å²) in [6.07, 6.45) is 9.83. The zero-order valence-electron chi connectivity index (χ0n) is 20.9. The molecule has 4 rings (SSSR count). The molecule has 6 heteroatoms. The third-order valence-corrected chi connectivity index (χ3v) is 7.80. The Morgan fingerprint density at radius 3 is 2.50 bits per heavy atom. The summed E-state index contributed by atoms with van der Waals surface area (Å²) in [5, 5.41) is 6.44. The van der Waals surface area contributed by atoms with Crippen LogP contribution in [-0.2, 0) is 9.59 Å². The number of nitrogens with one attached hydrogen (secondary N) is 2. The van der Waals surface area contributed by atoms with Gasteiger partial charge in [0.25, 0.3) is 5.91 Å². The van der Waals surface area contributed by atoms with Crippen molar-refractivity contribution in [3.05, 3.63) is 35.4 Å². The maximum atomic E-state index is 13.3. The Balaban J connectivity index is 0.00000228. The van der Waals surface area contributed by atoms with E-state index in [4.69, 9.17) is 0 Å². The monoisotopic (exact) mass is 471 g/mol. The van der Waals surface area contributed by atoms with Gasteiger partial charge in [-0.2, -0.15) is 0 Å². The van der Waals surface area contributed by atoms with E-state index in [0.717, 1.165) is 50.6 Å². The Labute approximate surface area is 207 Å². The number of amides is 2. The number of hydrogen-bond donors (Lipinski definition) is 2. The molecule has 1 heterocycles. The van der Waals surface area contributed by atoms with Gasteiger partial charge in [-0.15, -0.1) is 0 Å². The lowest BCUT2D eigenvalue weighted by atomic mass is 9.80. The molecule has 1 unspecified atom stereocenters. The summed E-state index contributed by atoms with van der Waals surface area (Å²) in [5.41, 5.74) is 1.71. The topological polar surface area (TPSA) is 78.5 Å². The zero-order chi connectivity index (χ0) is 24.1. The lowest BCUT2D eigenvalue weighted by Gasteiger charge is -2.33. The van der Waals surface area contributed by atoms with Crippen molar-refractivity contribution in [2.45, 2.75) is 89.6 Å². The molecule has 1 aliphatic heterocycles. The van der Waals surface area contributed by atoms with E-state index >= 15 is 0 Å². The Kier molecular flexibility index (Phi) is 8.41. The molecule has 34 heavy (non-hydrogen) atoms. The summed E-state index contributed by atoms with van der Waals surface area (Å²) in [5.74, 6) is 0.518. The van der Waals surface area contributed by atoms with Crippen LogP contribution in [0, 0.1) is 11.8 Å². The minimum absolute atomic E-state index is 0. The SMILES string of the molecule is CC(C)C(=O)[C@H](NC(=O)c1cccc(C2CCCN(C(=O)CNC3CC3)C2)c1)C1CCCCC1.[HH].[HH]. The normalized spacial score (nSPS) is 22.4. The van der Waals surface area contributed by atoms with Crippen molar-refractivity contribution in [2.24, 2.45) is 11.8 Å². The molecule has 0 spiro atoms. The van der Waals surface area contributed by atoms with Crippen LogP contribution < -0.4 is 10.6 Å². The number of piperidine rings is 1. The molecule has 2 amide bonds. The molecule has 1 aromatic rings. The van der Waals surface area contributed by atoms with Gasteiger partial charge in [0.05, 0.1) is 12.6 Å². The van der Waals surface area contributed by atoms with E-state index in [1.807, 2.05) is 36.9 Å². The van der Waals surface area contributed by atoms with E-state index in [1.54, 1.807) is 0 Å². The van der Waals surface area contributed by atoms with Gasteiger partial charge in [-0.05, 0) is 62.1 Å². The number of benzene rings is 1. The smallest absolute Gasteiger partial charge is 0.251 e. The van der Waals surface area contributed by atoms with Crippen LogP contribution in [0.4, 0.5) is 0 Å². The first-order valence-corrected chi connectivity index (χ1v) is 13.4. The number of ketones is 1. The van der Waals surface area contributed by atoms with Crippen LogP contribution in [0.25, 0.3) is 0 Å². The van der Waals surface area contributed by atoms with E-state index in [0.29, 0.717) is 24.7 Å². The number of carbonyl (C=O) groups is 3. The van der Waals surface area contributed by atoms with Crippen molar-refractivity contribution in [3.63, 3.8) is 0 Å². The molecule has 2 N–H and O–H groups in total. The number of likely N-dealkylation sites (tertiary alicyclic amines) is 1. The highest BCUT2D eigenvalue weighted by Gasteiger charge is 2.33. The predicted molar refractivity (Wildman–Crippen MR) is 138 cm³/mol. The third-order valence-electron chi connectivity index (χ3n) is 7.80. The lowest BCUT2D eigenvalue weighted by molar-refractivity contribution is -0.131. The first-order valence-electron chi connectivity index (χ1n) is 13.4. The molecule has 6 nitrogen and oxygen atoms in total. The highest BCUT2D eigenvalue weighted by molar-refractivity contribution is 5.98. The van der Waals surface area contributed by atoms with Crippen LogP contribution in [0.15, 0.2) is 24.3 Å². The summed E-state index contributed by atoms with van der Waals surface area (Å²) in [6.45, 7) is 5.77. The van der Waals surface area contributed by atoms with Gasteiger partial charge >= 0.3 is 0 Å². The molecule has 190 valence electrons. The first kappa shape index (κ1) is 24.9. The summed E-state index contributed by atoms with van der Waals surface area (Å²) < 4.78 is 0. The molecule has 0 bridgehead atoms. The van der Waals surface area contributed by atoms with Crippen LogP contribution in [-0.4, -0.2) is 54.2 Å². The van der Waals surface area contributed by atoms with Crippen molar-refractivity contribution < 1.29 is 17.2 Å². The first-order chi connectivity index (χ1) is 16.4. The second-order valence-electron chi connectivity index (χ2n) is 10.9. The fourth-order valence-electron chi connectivity index (χ4n) is 5.51. The van der Waals surface area contributed by atoms with Crippen molar-refractivity contribution in [1.82, 2.24) is 15.5 Å². The van der Waals surface area contributed by atoms with Crippen LogP contribution >= 0.6 is 0 Å². The Bertz CT molecular complexity index is 885. The van der Waals surface area contributed by atoms with Crippen molar-refractivity contribution in [1.29, 1.82) is 0 Å². The maximum Gasteiger partial charge on any atom is 0.251 e. The van der Waals surface area contributed by atoms with Crippen LogP contribution in [0.2, 0.25) is 0 Å². The van der Waals surface area contributed by atoms with Crippen molar-refractivity contribution in [2.75, 3.05) is 19.6 Å². The summed E-state index contributed by atoms with van der Waals surface area (Å²) >= 11 is 0. The second kappa shape index (κ2) is 11.5. The van der Waals surface area contributed by atoms with E-state index in [-0.39, 0.29) is 38.2 Å². The molecular weight excluding hydrogens is 426 g/mol. The molecular formula is C28H45N3O3. The minimum Gasteiger partial charge on any atom is -0.342 e. The van der Waals surface area contributed by atoms with Gasteiger partial charge in [-0.1, -0.05) is 45.2 Å². The van der Waals surface area contributed by atoms with Gasteiger partial charge in [0.1, 0.15) is 0 Å². The Morgan fingerprint density at radius 2 is 1.79 bits per heavy atom. The lowest BCUT2D eigenvalue weighted by Crippen LogP contribution is -2.48. The minimum atomic E-state index is -0.404. The third kappa shape index (κ3) is 6.47. The maximum absolute atomic E-state index is 13.3. The van der Waals surface area contributed by atoms with Gasteiger partial charge < -0.3 is 15.5 Å². The quantitative estimate of drug-likeness (QED) is 0.554. The van der Waals surface area contributed by atoms with Gasteiger partial charge in [0.2, 0.25) is 5.91 Å². The fourth-order valence-corrected chi connectivity index (χ4v) is 5.51. The number of hydrogen-bond acceptors (Lipinski definition) is 4. The van der Waals surface area contributed by atoms with E-state index in [2.05, 4.69) is 16.7 Å². The standard InChI is InChI=1S/C28H41N3O3.2H2/c1-19(2)27(33)26(20-8-4-3-5-9-20)30-28(34)22-11-6-10-21(16-22)23-12-7-15-31(18-23)25(32)17-29-24-13-14-24;;/h6,10-11,16,19-20,23-24,26,29H,3-5,7-9,12-15,17-18H2,1-2H3,(H,30,34);2*1H/t23?,26-;;/m1../s1. The molecule has 3 fully saturated rings. The van der Waals surface area contributed by atoms with E-state index in [1.165, 1.54) is 19.3 Å². The molecule has 2 saturated carbocycles. The summed E-state index contributed by atoms with van der Waals surface area (Å²) in [6, 6.07) is 7.92. The van der Waals surface area contributed by atoms with Crippen molar-refractivity contribution >= 4 is 17.6 Å². The fraction of sp³-hybridized carbons (Fsp3) is 0.679. The van der Waals surface area contributed by atoms with E-state index in [9.17, 15) is 14.4 Å². The van der Waals surface area contributed by atoms with E-state index < -0.39 is 6.04 Å². The van der Waals surface area contributed by atoms with Crippen molar-refractivity contribution in [3.8, 4) is 0 Å². The average molecular weight is 472 g/mol. The van der Waals surface area contributed by atoms with Gasteiger partial charge in [-0.25, -0.2) is 0 Å². The van der Waals surface area contributed by atoms with Crippen LogP contribution in [0.1, 0.15) is 96.3 Å². The number of Topliss-reactive ketones (excluding diaryl/α,β-unsaturated/α-hetero) is 1.